The van der Waals surface area contributed by atoms with Crippen molar-refractivity contribution >= 4 is 28.6 Å². The molecule has 0 spiro atoms. The normalized spacial score (nSPS) is 10.4. The SMILES string of the molecule is Cc1c(F)cc(C(N)=O)cc1NCc1sccc1N. The van der Waals surface area contributed by atoms with Crippen LogP contribution in [0.5, 0.6) is 0 Å². The maximum absolute atomic E-state index is 13.7. The van der Waals surface area contributed by atoms with Crippen LogP contribution in [-0.2, 0) is 6.54 Å². The van der Waals surface area contributed by atoms with Crippen LogP contribution in [0.25, 0.3) is 0 Å². The van der Waals surface area contributed by atoms with Crippen molar-refractivity contribution in [1.29, 1.82) is 0 Å². The van der Waals surface area contributed by atoms with Crippen molar-refractivity contribution < 1.29 is 9.18 Å². The Hall–Kier alpha value is -2.08. The first-order chi connectivity index (χ1) is 8.99. The molecule has 0 radical (unpaired) electrons. The summed E-state index contributed by atoms with van der Waals surface area (Å²) in [6, 6.07) is 4.50. The summed E-state index contributed by atoms with van der Waals surface area (Å²) in [5.41, 5.74) is 12.8. The fourth-order valence-corrected chi connectivity index (χ4v) is 2.41. The summed E-state index contributed by atoms with van der Waals surface area (Å²) in [6.45, 7) is 2.12. The van der Waals surface area contributed by atoms with E-state index in [1.54, 1.807) is 13.0 Å². The number of benzene rings is 1. The number of primary amides is 1. The van der Waals surface area contributed by atoms with Crippen molar-refractivity contribution in [1.82, 2.24) is 0 Å². The van der Waals surface area contributed by atoms with Crippen LogP contribution in [0.15, 0.2) is 23.6 Å². The average molecular weight is 279 g/mol. The molecule has 0 atom stereocenters. The van der Waals surface area contributed by atoms with Gasteiger partial charge in [-0.3, -0.25) is 4.79 Å². The molecule has 0 fully saturated rings. The molecule has 0 aliphatic rings. The zero-order chi connectivity index (χ0) is 14.0. The Morgan fingerprint density at radius 1 is 1.47 bits per heavy atom. The minimum Gasteiger partial charge on any atom is -0.398 e. The second-order valence-corrected chi connectivity index (χ2v) is 5.15. The van der Waals surface area contributed by atoms with Gasteiger partial charge in [-0.2, -0.15) is 0 Å². The molecule has 1 amide bonds. The standard InChI is InChI=1S/C13H14FN3OS/c1-7-9(14)4-8(13(16)18)5-11(7)17-6-12-10(15)2-3-19-12/h2-5,17H,6,15H2,1H3,(H2,16,18). The lowest BCUT2D eigenvalue weighted by molar-refractivity contribution is 0.1000. The van der Waals surface area contributed by atoms with Gasteiger partial charge in [-0.15, -0.1) is 11.3 Å². The monoisotopic (exact) mass is 279 g/mol. The molecule has 5 N–H and O–H groups in total. The van der Waals surface area contributed by atoms with Crippen LogP contribution in [0.3, 0.4) is 0 Å². The number of thiophene rings is 1. The van der Waals surface area contributed by atoms with Crippen molar-refractivity contribution in [3.63, 3.8) is 0 Å². The van der Waals surface area contributed by atoms with Gasteiger partial charge in [-0.05, 0) is 30.5 Å². The maximum Gasteiger partial charge on any atom is 0.248 e. The van der Waals surface area contributed by atoms with Crippen LogP contribution in [0.2, 0.25) is 0 Å². The zero-order valence-electron chi connectivity index (χ0n) is 10.4. The number of carbonyl (C=O) groups is 1. The van der Waals surface area contributed by atoms with Gasteiger partial charge in [-0.25, -0.2) is 4.39 Å². The first-order valence-electron chi connectivity index (χ1n) is 5.64. The van der Waals surface area contributed by atoms with Gasteiger partial charge in [0.25, 0.3) is 0 Å². The molecule has 0 saturated heterocycles. The molecule has 2 rings (SSSR count). The molecule has 19 heavy (non-hydrogen) atoms. The van der Waals surface area contributed by atoms with Gasteiger partial charge < -0.3 is 16.8 Å². The van der Waals surface area contributed by atoms with Crippen LogP contribution in [-0.4, -0.2) is 5.91 Å². The number of carbonyl (C=O) groups excluding carboxylic acids is 1. The first-order valence-corrected chi connectivity index (χ1v) is 6.52. The highest BCUT2D eigenvalue weighted by molar-refractivity contribution is 7.10. The van der Waals surface area contributed by atoms with Crippen LogP contribution in [0.1, 0.15) is 20.8 Å². The van der Waals surface area contributed by atoms with Gasteiger partial charge in [0.1, 0.15) is 5.82 Å². The Kier molecular flexibility index (Phi) is 3.71. The van der Waals surface area contributed by atoms with Crippen LogP contribution in [0.4, 0.5) is 15.8 Å². The van der Waals surface area contributed by atoms with E-state index in [0.717, 1.165) is 10.9 Å². The van der Waals surface area contributed by atoms with Crippen LogP contribution >= 0.6 is 11.3 Å². The summed E-state index contributed by atoms with van der Waals surface area (Å²) in [6.07, 6.45) is 0. The fraction of sp³-hybridized carbons (Fsp3) is 0.154. The maximum atomic E-state index is 13.7. The second kappa shape index (κ2) is 5.27. The van der Waals surface area contributed by atoms with E-state index in [-0.39, 0.29) is 5.56 Å². The Labute approximate surface area is 114 Å². The summed E-state index contributed by atoms with van der Waals surface area (Å²) in [5, 5.41) is 4.96. The number of halogens is 1. The van der Waals surface area contributed by atoms with E-state index < -0.39 is 11.7 Å². The predicted molar refractivity (Wildman–Crippen MR) is 75.7 cm³/mol. The van der Waals surface area contributed by atoms with Gasteiger partial charge in [0, 0.05) is 27.4 Å². The summed E-state index contributed by atoms with van der Waals surface area (Å²) < 4.78 is 13.7. The van der Waals surface area contributed by atoms with E-state index in [1.807, 2.05) is 11.4 Å². The summed E-state index contributed by atoms with van der Waals surface area (Å²) in [4.78, 5) is 12.1. The molecule has 0 aliphatic heterocycles. The van der Waals surface area contributed by atoms with Gasteiger partial charge >= 0.3 is 0 Å². The molecule has 6 heteroatoms. The highest BCUT2D eigenvalue weighted by Gasteiger charge is 2.11. The number of rotatable bonds is 4. The third-order valence-corrected chi connectivity index (χ3v) is 3.78. The van der Waals surface area contributed by atoms with E-state index in [1.165, 1.54) is 11.3 Å². The largest absolute Gasteiger partial charge is 0.398 e. The van der Waals surface area contributed by atoms with Gasteiger partial charge in [-0.1, -0.05) is 0 Å². The van der Waals surface area contributed by atoms with Crippen LogP contribution < -0.4 is 16.8 Å². The molecular weight excluding hydrogens is 265 g/mol. The lowest BCUT2D eigenvalue weighted by Gasteiger charge is -2.11. The Bertz CT molecular complexity index is 624. The predicted octanol–water partition coefficient (Wildman–Crippen LogP) is 2.49. The molecule has 1 aromatic heterocycles. The van der Waals surface area contributed by atoms with Crippen molar-refractivity contribution in [2.75, 3.05) is 11.1 Å². The summed E-state index contributed by atoms with van der Waals surface area (Å²) >= 11 is 1.52. The van der Waals surface area contributed by atoms with Crippen molar-refractivity contribution in [3.8, 4) is 0 Å². The van der Waals surface area contributed by atoms with E-state index in [4.69, 9.17) is 11.5 Å². The van der Waals surface area contributed by atoms with Gasteiger partial charge in [0.2, 0.25) is 5.91 Å². The Morgan fingerprint density at radius 3 is 2.79 bits per heavy atom. The second-order valence-electron chi connectivity index (χ2n) is 4.15. The lowest BCUT2D eigenvalue weighted by Crippen LogP contribution is -2.13. The van der Waals surface area contributed by atoms with E-state index in [0.29, 0.717) is 23.5 Å². The molecule has 100 valence electrons. The summed E-state index contributed by atoms with van der Waals surface area (Å²) in [7, 11) is 0. The molecule has 0 saturated carbocycles. The topological polar surface area (TPSA) is 81.1 Å². The zero-order valence-corrected chi connectivity index (χ0v) is 11.2. The minimum absolute atomic E-state index is 0.143. The summed E-state index contributed by atoms with van der Waals surface area (Å²) in [5.74, 6) is -1.12. The number of nitrogen functional groups attached to an aromatic ring is 1. The number of anilines is 2. The first kappa shape index (κ1) is 13.4. The molecule has 1 heterocycles. The number of nitrogens with two attached hydrogens (primary N) is 2. The van der Waals surface area contributed by atoms with Crippen molar-refractivity contribution in [3.05, 3.63) is 45.4 Å². The molecular formula is C13H14FN3OS. The molecule has 0 bridgehead atoms. The van der Waals surface area contributed by atoms with Gasteiger partial charge in [0.15, 0.2) is 0 Å². The number of nitrogens with one attached hydrogen (secondary N) is 1. The van der Waals surface area contributed by atoms with Crippen LogP contribution in [0, 0.1) is 12.7 Å². The third-order valence-electron chi connectivity index (χ3n) is 2.85. The smallest absolute Gasteiger partial charge is 0.248 e. The molecule has 0 unspecified atom stereocenters. The van der Waals surface area contributed by atoms with E-state index in [2.05, 4.69) is 5.32 Å². The lowest BCUT2D eigenvalue weighted by atomic mass is 10.1. The molecule has 0 aliphatic carbocycles. The van der Waals surface area contributed by atoms with E-state index >= 15 is 0 Å². The average Bonchev–Trinajstić information content (AvgIpc) is 2.76. The number of amides is 1. The number of hydrogen-bond acceptors (Lipinski definition) is 4. The number of hydrogen-bond donors (Lipinski definition) is 3. The Morgan fingerprint density at radius 2 is 2.21 bits per heavy atom. The highest BCUT2D eigenvalue weighted by Crippen LogP contribution is 2.24. The minimum atomic E-state index is -0.655. The van der Waals surface area contributed by atoms with Gasteiger partial charge in [0.05, 0.1) is 6.54 Å². The van der Waals surface area contributed by atoms with Crippen molar-refractivity contribution in [2.45, 2.75) is 13.5 Å². The third kappa shape index (κ3) is 2.85. The molecule has 4 nitrogen and oxygen atoms in total. The van der Waals surface area contributed by atoms with E-state index in [9.17, 15) is 9.18 Å². The fourth-order valence-electron chi connectivity index (χ4n) is 1.67. The quantitative estimate of drug-likeness (QED) is 0.804. The highest BCUT2D eigenvalue weighted by atomic mass is 32.1. The molecule has 2 aromatic rings. The molecule has 1 aromatic carbocycles. The van der Waals surface area contributed by atoms with Crippen molar-refractivity contribution in [2.24, 2.45) is 5.73 Å². The Balaban J connectivity index is 2.24.